The molecule has 0 aliphatic rings. The van der Waals surface area contributed by atoms with Crippen molar-refractivity contribution in [1.29, 1.82) is 0 Å². The Bertz CT molecular complexity index is 1100. The number of aromatic nitrogens is 2. The number of nitrogens with one attached hydrogen (secondary N) is 1. The molecular formula is C21H16ClN3O. The van der Waals surface area contributed by atoms with Crippen molar-refractivity contribution in [1.82, 2.24) is 9.55 Å². The Kier molecular flexibility index (Phi) is 4.19. The lowest BCUT2D eigenvalue weighted by molar-refractivity contribution is 0.102. The molecule has 0 atom stereocenters. The number of para-hydroxylation sites is 1. The van der Waals surface area contributed by atoms with Crippen LogP contribution in [0.2, 0.25) is 5.02 Å². The van der Waals surface area contributed by atoms with Crippen LogP contribution in [0.15, 0.2) is 73.1 Å². The highest BCUT2D eigenvalue weighted by molar-refractivity contribution is 6.31. The second kappa shape index (κ2) is 6.65. The smallest absolute Gasteiger partial charge is 0.255 e. The van der Waals surface area contributed by atoms with Crippen LogP contribution in [-0.4, -0.2) is 15.5 Å². The van der Waals surface area contributed by atoms with E-state index >= 15 is 0 Å². The van der Waals surface area contributed by atoms with E-state index in [1.54, 1.807) is 24.5 Å². The number of amides is 1. The van der Waals surface area contributed by atoms with Gasteiger partial charge in [-0.2, -0.15) is 0 Å². The van der Waals surface area contributed by atoms with Gasteiger partial charge in [-0.25, -0.2) is 4.98 Å². The van der Waals surface area contributed by atoms with Crippen molar-refractivity contribution < 1.29 is 4.79 Å². The number of benzene rings is 3. The number of nitrogens with zero attached hydrogens (tertiary/aromatic N) is 2. The summed E-state index contributed by atoms with van der Waals surface area (Å²) in [4.78, 5) is 17.0. The van der Waals surface area contributed by atoms with Crippen molar-refractivity contribution in [3.05, 3.63) is 89.2 Å². The van der Waals surface area contributed by atoms with Crippen LogP contribution in [0.5, 0.6) is 0 Å². The summed E-state index contributed by atoms with van der Waals surface area (Å²) in [7, 11) is 0. The maximum Gasteiger partial charge on any atom is 0.255 e. The van der Waals surface area contributed by atoms with E-state index in [1.165, 1.54) is 0 Å². The van der Waals surface area contributed by atoms with Gasteiger partial charge < -0.3 is 5.32 Å². The normalized spacial score (nSPS) is 10.8. The molecule has 1 N–H and O–H groups in total. The van der Waals surface area contributed by atoms with E-state index in [9.17, 15) is 4.79 Å². The molecule has 0 unspecified atom stereocenters. The van der Waals surface area contributed by atoms with Crippen LogP contribution < -0.4 is 5.32 Å². The predicted molar refractivity (Wildman–Crippen MR) is 105 cm³/mol. The Morgan fingerprint density at radius 3 is 2.62 bits per heavy atom. The van der Waals surface area contributed by atoms with Crippen molar-refractivity contribution in [2.24, 2.45) is 0 Å². The molecule has 5 heteroatoms. The fourth-order valence-electron chi connectivity index (χ4n) is 2.82. The van der Waals surface area contributed by atoms with Crippen molar-refractivity contribution in [2.75, 3.05) is 5.32 Å². The third-order valence-corrected chi connectivity index (χ3v) is 4.68. The largest absolute Gasteiger partial charge is 0.322 e. The third-order valence-electron chi connectivity index (χ3n) is 4.27. The number of rotatable bonds is 3. The van der Waals surface area contributed by atoms with Crippen LogP contribution in [0, 0.1) is 6.92 Å². The molecule has 0 aliphatic carbocycles. The van der Waals surface area contributed by atoms with Crippen molar-refractivity contribution >= 4 is 34.2 Å². The van der Waals surface area contributed by atoms with Crippen molar-refractivity contribution in [2.45, 2.75) is 6.92 Å². The van der Waals surface area contributed by atoms with Gasteiger partial charge in [-0.3, -0.25) is 9.36 Å². The molecule has 0 saturated heterocycles. The molecule has 26 heavy (non-hydrogen) atoms. The minimum atomic E-state index is -0.193. The molecular weight excluding hydrogens is 346 g/mol. The number of imidazole rings is 1. The number of fused-ring (bicyclic) bond motifs is 1. The third kappa shape index (κ3) is 3.07. The molecule has 4 aromatic rings. The zero-order valence-corrected chi connectivity index (χ0v) is 14.9. The van der Waals surface area contributed by atoms with E-state index in [1.807, 2.05) is 60.0 Å². The zero-order valence-electron chi connectivity index (χ0n) is 14.1. The van der Waals surface area contributed by atoms with Gasteiger partial charge in [-0.15, -0.1) is 0 Å². The molecule has 0 spiro atoms. The van der Waals surface area contributed by atoms with E-state index in [4.69, 9.17) is 11.6 Å². The number of aryl methyl sites for hydroxylation is 1. The average Bonchev–Trinajstić information content (AvgIpc) is 3.08. The minimum absolute atomic E-state index is 0.193. The summed E-state index contributed by atoms with van der Waals surface area (Å²) in [6.07, 6.45) is 1.77. The first-order chi connectivity index (χ1) is 12.6. The first kappa shape index (κ1) is 16.4. The highest BCUT2D eigenvalue weighted by Gasteiger charge is 2.11. The summed E-state index contributed by atoms with van der Waals surface area (Å²) in [6.45, 7) is 1.92. The Labute approximate surface area is 156 Å². The number of halogens is 1. The van der Waals surface area contributed by atoms with Gasteiger partial charge in [0.15, 0.2) is 0 Å². The summed E-state index contributed by atoms with van der Waals surface area (Å²) in [5.74, 6) is -0.193. The molecule has 4 nitrogen and oxygen atoms in total. The van der Waals surface area contributed by atoms with Gasteiger partial charge >= 0.3 is 0 Å². The lowest BCUT2D eigenvalue weighted by Gasteiger charge is -2.08. The molecule has 0 fully saturated rings. The van der Waals surface area contributed by atoms with Gasteiger partial charge in [-0.1, -0.05) is 35.9 Å². The average molecular weight is 362 g/mol. The Morgan fingerprint density at radius 2 is 1.85 bits per heavy atom. The molecule has 0 aliphatic heterocycles. The molecule has 128 valence electrons. The summed E-state index contributed by atoms with van der Waals surface area (Å²) < 4.78 is 2.00. The fraction of sp³-hybridized carbons (Fsp3) is 0.0476. The monoisotopic (exact) mass is 361 g/mol. The zero-order chi connectivity index (χ0) is 18.1. The van der Waals surface area contributed by atoms with E-state index in [2.05, 4.69) is 10.3 Å². The van der Waals surface area contributed by atoms with Gasteiger partial charge in [0.25, 0.3) is 5.91 Å². The lowest BCUT2D eigenvalue weighted by Crippen LogP contribution is -2.11. The van der Waals surface area contributed by atoms with Crippen molar-refractivity contribution in [3.63, 3.8) is 0 Å². The van der Waals surface area contributed by atoms with Crippen molar-refractivity contribution in [3.8, 4) is 5.69 Å². The molecule has 1 heterocycles. The predicted octanol–water partition coefficient (Wildman–Crippen LogP) is 5.24. The van der Waals surface area contributed by atoms with Crippen LogP contribution in [0.3, 0.4) is 0 Å². The fourth-order valence-corrected chi connectivity index (χ4v) is 3.00. The molecule has 0 bridgehead atoms. The van der Waals surface area contributed by atoms with Gasteiger partial charge in [0.1, 0.15) is 6.33 Å². The Hall–Kier alpha value is -3.11. The van der Waals surface area contributed by atoms with E-state index in [0.717, 1.165) is 22.3 Å². The van der Waals surface area contributed by atoms with Crippen LogP contribution in [0.4, 0.5) is 5.69 Å². The molecule has 4 rings (SSSR count). The number of carbonyl (C=O) groups excluding carboxylic acids is 1. The highest BCUT2D eigenvalue weighted by Crippen LogP contribution is 2.22. The Balaban J connectivity index is 1.63. The lowest BCUT2D eigenvalue weighted by atomic mass is 10.1. The first-order valence-electron chi connectivity index (χ1n) is 8.22. The van der Waals surface area contributed by atoms with Crippen LogP contribution in [0.1, 0.15) is 15.9 Å². The molecule has 0 radical (unpaired) electrons. The maximum atomic E-state index is 12.5. The van der Waals surface area contributed by atoms with Crippen LogP contribution >= 0.6 is 11.6 Å². The summed E-state index contributed by atoms with van der Waals surface area (Å²) in [5, 5.41) is 3.50. The van der Waals surface area contributed by atoms with Crippen LogP contribution in [-0.2, 0) is 0 Å². The van der Waals surface area contributed by atoms with E-state index < -0.39 is 0 Å². The maximum absolute atomic E-state index is 12.5. The molecule has 1 aromatic heterocycles. The number of anilines is 1. The van der Waals surface area contributed by atoms with E-state index in [0.29, 0.717) is 16.3 Å². The number of carbonyl (C=O) groups is 1. The summed E-state index contributed by atoms with van der Waals surface area (Å²) in [5.41, 5.74) is 4.93. The molecule has 0 saturated carbocycles. The first-order valence-corrected chi connectivity index (χ1v) is 8.60. The minimum Gasteiger partial charge on any atom is -0.322 e. The standard InChI is InChI=1S/C21H16ClN3O/c1-14-7-9-16(12-18(14)22)24-21(26)15-8-10-20-19(11-15)23-13-25(20)17-5-3-2-4-6-17/h2-13H,1H3,(H,24,26). The Morgan fingerprint density at radius 1 is 1.04 bits per heavy atom. The van der Waals surface area contributed by atoms with Crippen LogP contribution in [0.25, 0.3) is 16.7 Å². The van der Waals surface area contributed by atoms with Gasteiger partial charge in [0.2, 0.25) is 0 Å². The van der Waals surface area contributed by atoms with Gasteiger partial charge in [-0.05, 0) is 55.0 Å². The second-order valence-corrected chi connectivity index (χ2v) is 6.48. The van der Waals surface area contributed by atoms with E-state index in [-0.39, 0.29) is 5.91 Å². The number of hydrogen-bond donors (Lipinski definition) is 1. The number of hydrogen-bond acceptors (Lipinski definition) is 2. The van der Waals surface area contributed by atoms with Gasteiger partial charge in [0, 0.05) is 22.0 Å². The SMILES string of the molecule is Cc1ccc(NC(=O)c2ccc3c(c2)ncn3-c2ccccc2)cc1Cl. The quantitative estimate of drug-likeness (QED) is 0.542. The molecule has 1 amide bonds. The molecule has 3 aromatic carbocycles. The summed E-state index contributed by atoms with van der Waals surface area (Å²) in [6, 6.07) is 20.9. The highest BCUT2D eigenvalue weighted by atomic mass is 35.5. The van der Waals surface area contributed by atoms with Gasteiger partial charge in [0.05, 0.1) is 11.0 Å². The topological polar surface area (TPSA) is 46.9 Å². The summed E-state index contributed by atoms with van der Waals surface area (Å²) >= 11 is 6.12. The second-order valence-electron chi connectivity index (χ2n) is 6.07.